The standard InChI is InChI=1S/C15H27NO3/c1-10(2)7-12-13(15(12,3)4)14(18)16(5)8-11(17)9-19-6/h7,11-13,17H,8-9H2,1-6H3/t11-,12+,13+/m1/s1. The topological polar surface area (TPSA) is 49.8 Å². The lowest BCUT2D eigenvalue weighted by Crippen LogP contribution is -2.37. The summed E-state index contributed by atoms with van der Waals surface area (Å²) in [4.78, 5) is 14.0. The number of ether oxygens (including phenoxy) is 1. The Labute approximate surface area is 116 Å². The van der Waals surface area contributed by atoms with Crippen molar-refractivity contribution in [1.82, 2.24) is 4.90 Å². The molecule has 1 N–H and O–H groups in total. The van der Waals surface area contributed by atoms with E-state index in [1.165, 1.54) is 5.57 Å². The number of nitrogens with zero attached hydrogens (tertiary/aromatic N) is 1. The van der Waals surface area contributed by atoms with Crippen LogP contribution in [-0.4, -0.2) is 49.3 Å². The molecule has 1 amide bonds. The van der Waals surface area contributed by atoms with Crippen LogP contribution in [0.4, 0.5) is 0 Å². The predicted octanol–water partition coefficient (Wildman–Crippen LogP) is 1.69. The molecule has 0 radical (unpaired) electrons. The highest BCUT2D eigenvalue weighted by molar-refractivity contribution is 5.83. The van der Waals surface area contributed by atoms with Crippen LogP contribution in [0.25, 0.3) is 0 Å². The Hall–Kier alpha value is -0.870. The quantitative estimate of drug-likeness (QED) is 0.747. The van der Waals surface area contributed by atoms with Crippen molar-refractivity contribution < 1.29 is 14.6 Å². The van der Waals surface area contributed by atoms with Crippen LogP contribution in [0, 0.1) is 17.3 Å². The average Bonchev–Trinajstić information content (AvgIpc) is 2.78. The predicted molar refractivity (Wildman–Crippen MR) is 75.7 cm³/mol. The molecule has 0 saturated heterocycles. The van der Waals surface area contributed by atoms with Crippen molar-refractivity contribution in [2.24, 2.45) is 17.3 Å². The number of likely N-dealkylation sites (N-methyl/N-ethyl adjacent to an activating group) is 1. The Morgan fingerprint density at radius 3 is 2.53 bits per heavy atom. The fraction of sp³-hybridized carbons (Fsp3) is 0.800. The van der Waals surface area contributed by atoms with Crippen molar-refractivity contribution in [2.75, 3.05) is 27.3 Å². The molecular weight excluding hydrogens is 242 g/mol. The number of rotatable bonds is 6. The Kier molecular flexibility index (Phi) is 5.16. The van der Waals surface area contributed by atoms with Gasteiger partial charge in [-0.05, 0) is 25.2 Å². The van der Waals surface area contributed by atoms with Gasteiger partial charge in [0, 0.05) is 20.7 Å². The van der Waals surface area contributed by atoms with E-state index in [2.05, 4.69) is 33.8 Å². The monoisotopic (exact) mass is 269 g/mol. The second-order valence-electron chi connectivity index (χ2n) is 6.40. The van der Waals surface area contributed by atoms with Gasteiger partial charge < -0.3 is 14.7 Å². The van der Waals surface area contributed by atoms with Gasteiger partial charge in [-0.15, -0.1) is 0 Å². The fourth-order valence-electron chi connectivity index (χ4n) is 2.71. The van der Waals surface area contributed by atoms with Gasteiger partial charge in [-0.3, -0.25) is 4.79 Å². The number of carbonyl (C=O) groups is 1. The van der Waals surface area contributed by atoms with Crippen LogP contribution >= 0.6 is 0 Å². The van der Waals surface area contributed by atoms with Gasteiger partial charge in [0.15, 0.2) is 0 Å². The summed E-state index contributed by atoms with van der Waals surface area (Å²) in [5.41, 5.74) is 1.27. The second-order valence-corrected chi connectivity index (χ2v) is 6.40. The van der Waals surface area contributed by atoms with Gasteiger partial charge in [0.25, 0.3) is 0 Å². The number of aliphatic hydroxyl groups excluding tert-OH is 1. The molecule has 110 valence electrons. The first-order valence-corrected chi connectivity index (χ1v) is 6.78. The van der Waals surface area contributed by atoms with E-state index in [-0.39, 0.29) is 23.8 Å². The van der Waals surface area contributed by atoms with Gasteiger partial charge in [-0.2, -0.15) is 0 Å². The SMILES string of the molecule is COC[C@H](O)CN(C)C(=O)[C@@H]1[C@H](C=C(C)C)C1(C)C. The van der Waals surface area contributed by atoms with Crippen LogP contribution in [-0.2, 0) is 9.53 Å². The molecule has 1 fully saturated rings. The minimum absolute atomic E-state index is 0.0226. The van der Waals surface area contributed by atoms with Crippen molar-refractivity contribution in [2.45, 2.75) is 33.8 Å². The van der Waals surface area contributed by atoms with Crippen molar-refractivity contribution in [1.29, 1.82) is 0 Å². The highest BCUT2D eigenvalue weighted by Crippen LogP contribution is 2.59. The van der Waals surface area contributed by atoms with Crippen molar-refractivity contribution in [3.8, 4) is 0 Å². The molecule has 3 atom stereocenters. The molecule has 0 aliphatic heterocycles. The lowest BCUT2D eigenvalue weighted by atomic mass is 10.1. The maximum absolute atomic E-state index is 12.4. The molecule has 1 rings (SSSR count). The summed E-state index contributed by atoms with van der Waals surface area (Å²) in [5, 5.41) is 9.68. The highest BCUT2D eigenvalue weighted by atomic mass is 16.5. The lowest BCUT2D eigenvalue weighted by molar-refractivity contribution is -0.133. The number of hydrogen-bond acceptors (Lipinski definition) is 3. The third kappa shape index (κ3) is 3.80. The van der Waals surface area contributed by atoms with Crippen LogP contribution in [0.1, 0.15) is 27.7 Å². The van der Waals surface area contributed by atoms with Crippen LogP contribution in [0.5, 0.6) is 0 Å². The van der Waals surface area contributed by atoms with Gasteiger partial charge in [0.2, 0.25) is 5.91 Å². The van der Waals surface area contributed by atoms with E-state index >= 15 is 0 Å². The minimum Gasteiger partial charge on any atom is -0.389 e. The summed E-state index contributed by atoms with van der Waals surface area (Å²) >= 11 is 0. The number of aliphatic hydroxyl groups is 1. The Morgan fingerprint density at radius 2 is 2.05 bits per heavy atom. The molecule has 0 aromatic rings. The fourth-order valence-corrected chi connectivity index (χ4v) is 2.71. The average molecular weight is 269 g/mol. The number of hydrogen-bond donors (Lipinski definition) is 1. The molecule has 0 heterocycles. The van der Waals surface area contributed by atoms with Gasteiger partial charge in [0.05, 0.1) is 18.6 Å². The lowest BCUT2D eigenvalue weighted by Gasteiger charge is -2.21. The summed E-state index contributed by atoms with van der Waals surface area (Å²) in [6, 6.07) is 0. The third-order valence-electron chi connectivity index (χ3n) is 3.91. The third-order valence-corrected chi connectivity index (χ3v) is 3.91. The first-order chi connectivity index (χ1) is 8.71. The smallest absolute Gasteiger partial charge is 0.226 e. The first kappa shape index (κ1) is 16.2. The largest absolute Gasteiger partial charge is 0.389 e. The van der Waals surface area contributed by atoms with Gasteiger partial charge in [-0.25, -0.2) is 0 Å². The molecule has 1 aliphatic carbocycles. The molecule has 19 heavy (non-hydrogen) atoms. The van der Waals surface area contributed by atoms with E-state index in [0.717, 1.165) is 0 Å². The molecule has 1 aliphatic rings. The van der Waals surface area contributed by atoms with E-state index in [1.807, 2.05) is 0 Å². The number of carbonyl (C=O) groups excluding carboxylic acids is 1. The van der Waals surface area contributed by atoms with Crippen LogP contribution in [0.2, 0.25) is 0 Å². The van der Waals surface area contributed by atoms with Crippen molar-refractivity contribution in [3.63, 3.8) is 0 Å². The summed E-state index contributed by atoms with van der Waals surface area (Å²) < 4.78 is 4.88. The van der Waals surface area contributed by atoms with Crippen LogP contribution in [0.3, 0.4) is 0 Å². The maximum atomic E-state index is 12.4. The number of allylic oxidation sites excluding steroid dienone is 2. The Bertz CT molecular complexity index is 358. The first-order valence-electron chi connectivity index (χ1n) is 6.78. The van der Waals surface area contributed by atoms with Gasteiger partial charge >= 0.3 is 0 Å². The zero-order valence-electron chi connectivity index (χ0n) is 12.9. The van der Waals surface area contributed by atoms with E-state index in [9.17, 15) is 9.90 Å². The minimum atomic E-state index is -0.622. The number of methoxy groups -OCH3 is 1. The molecule has 0 aromatic carbocycles. The Balaban J connectivity index is 2.61. The summed E-state index contributed by atoms with van der Waals surface area (Å²) in [7, 11) is 3.29. The number of amides is 1. The molecule has 1 saturated carbocycles. The molecule has 4 nitrogen and oxygen atoms in total. The molecule has 0 spiro atoms. The molecule has 0 aromatic heterocycles. The summed E-state index contributed by atoms with van der Waals surface area (Å²) in [6.45, 7) is 8.94. The van der Waals surface area contributed by atoms with E-state index in [1.54, 1.807) is 19.1 Å². The van der Waals surface area contributed by atoms with Gasteiger partial charge in [0.1, 0.15) is 0 Å². The van der Waals surface area contributed by atoms with Crippen molar-refractivity contribution >= 4 is 5.91 Å². The zero-order chi connectivity index (χ0) is 14.8. The highest BCUT2D eigenvalue weighted by Gasteiger charge is 2.60. The van der Waals surface area contributed by atoms with Crippen LogP contribution < -0.4 is 0 Å². The summed E-state index contributed by atoms with van der Waals surface area (Å²) in [6.07, 6.45) is 1.56. The van der Waals surface area contributed by atoms with E-state index in [0.29, 0.717) is 12.5 Å². The Morgan fingerprint density at radius 1 is 1.47 bits per heavy atom. The van der Waals surface area contributed by atoms with E-state index in [4.69, 9.17) is 4.74 Å². The van der Waals surface area contributed by atoms with Crippen molar-refractivity contribution in [3.05, 3.63) is 11.6 Å². The van der Waals surface area contributed by atoms with Crippen LogP contribution in [0.15, 0.2) is 11.6 Å². The van der Waals surface area contributed by atoms with E-state index < -0.39 is 6.10 Å². The second kappa shape index (κ2) is 6.06. The maximum Gasteiger partial charge on any atom is 0.226 e. The summed E-state index contributed by atoms with van der Waals surface area (Å²) in [5.74, 6) is 0.455. The normalized spacial score (nSPS) is 25.6. The molecule has 0 unspecified atom stereocenters. The zero-order valence-corrected chi connectivity index (χ0v) is 12.9. The van der Waals surface area contributed by atoms with Gasteiger partial charge in [-0.1, -0.05) is 25.5 Å². The molecule has 0 bridgehead atoms. The molecule has 4 heteroatoms. The molecular formula is C15H27NO3.